The van der Waals surface area contributed by atoms with E-state index in [1.165, 1.54) is 7.11 Å². The van der Waals surface area contributed by atoms with Gasteiger partial charge in [-0.1, -0.05) is 37.6 Å². The summed E-state index contributed by atoms with van der Waals surface area (Å²) in [5.41, 5.74) is 6.73. The van der Waals surface area contributed by atoms with Gasteiger partial charge in [0.1, 0.15) is 6.04 Å². The molecule has 1 aromatic carbocycles. The summed E-state index contributed by atoms with van der Waals surface area (Å²) in [6.45, 7) is 4.29. The van der Waals surface area contributed by atoms with Gasteiger partial charge in [0, 0.05) is 12.1 Å². The minimum atomic E-state index is -0.654. The zero-order chi connectivity index (χ0) is 14.4. The summed E-state index contributed by atoms with van der Waals surface area (Å²) in [6.07, 6.45) is 0. The maximum Gasteiger partial charge on any atom is 0.239 e. The Morgan fingerprint density at radius 1 is 1.35 bits per heavy atom. The number of nitrogens with one attached hydrogen (secondary N) is 1. The summed E-state index contributed by atoms with van der Waals surface area (Å²) in [7, 11) is 1.52. The summed E-state index contributed by atoms with van der Waals surface area (Å²) in [6, 6.07) is 6.71. The lowest BCUT2D eigenvalue weighted by atomic mass is 9.96. The van der Waals surface area contributed by atoms with Gasteiger partial charge in [0.25, 0.3) is 0 Å². The number of ether oxygens (including phenoxy) is 1. The van der Waals surface area contributed by atoms with E-state index in [9.17, 15) is 4.79 Å². The Morgan fingerprint density at radius 3 is 2.35 bits per heavy atom. The molecule has 1 rings (SSSR count). The molecule has 4 nitrogen and oxygen atoms in total. The molecule has 6 heteroatoms. The first kappa shape index (κ1) is 19.2. The fourth-order valence-corrected chi connectivity index (χ4v) is 1.95. The number of carbonyl (C=O) groups is 1. The first-order valence-corrected chi connectivity index (χ1v) is 6.64. The van der Waals surface area contributed by atoms with E-state index >= 15 is 0 Å². The fourth-order valence-electron chi connectivity index (χ4n) is 1.82. The molecule has 2 atom stereocenters. The number of halogens is 2. The third-order valence-electron chi connectivity index (χ3n) is 2.88. The molecule has 0 saturated carbocycles. The first-order chi connectivity index (χ1) is 8.95. The standard InChI is InChI=1S/C14H21ClN2O2.ClH/c1-9(2)13(10-4-6-11(15)7-5-10)17-14(18)12(16)8-19-3;/h4-7,9,12-13H,8,16H2,1-3H3,(H,17,18);1H. The van der Waals surface area contributed by atoms with Gasteiger partial charge in [0.05, 0.1) is 12.6 Å². The van der Waals surface area contributed by atoms with Crippen molar-refractivity contribution in [2.75, 3.05) is 13.7 Å². The van der Waals surface area contributed by atoms with Gasteiger partial charge in [-0.15, -0.1) is 12.4 Å². The quantitative estimate of drug-likeness (QED) is 0.846. The van der Waals surface area contributed by atoms with Crippen LogP contribution >= 0.6 is 24.0 Å². The van der Waals surface area contributed by atoms with E-state index in [1.807, 2.05) is 38.1 Å². The van der Waals surface area contributed by atoms with Crippen LogP contribution in [0.25, 0.3) is 0 Å². The lowest BCUT2D eigenvalue weighted by Gasteiger charge is -2.24. The van der Waals surface area contributed by atoms with Gasteiger partial charge in [-0.2, -0.15) is 0 Å². The van der Waals surface area contributed by atoms with Crippen LogP contribution in [-0.2, 0) is 9.53 Å². The van der Waals surface area contributed by atoms with E-state index in [4.69, 9.17) is 22.1 Å². The fraction of sp³-hybridized carbons (Fsp3) is 0.500. The van der Waals surface area contributed by atoms with E-state index in [2.05, 4.69) is 5.32 Å². The van der Waals surface area contributed by atoms with Crippen molar-refractivity contribution in [3.8, 4) is 0 Å². The highest BCUT2D eigenvalue weighted by Gasteiger charge is 2.21. The molecule has 1 amide bonds. The van der Waals surface area contributed by atoms with Gasteiger partial charge in [0.2, 0.25) is 5.91 Å². The second-order valence-electron chi connectivity index (χ2n) is 4.84. The molecule has 0 saturated heterocycles. The van der Waals surface area contributed by atoms with Crippen LogP contribution in [0, 0.1) is 5.92 Å². The molecule has 0 aliphatic rings. The maximum absolute atomic E-state index is 11.9. The van der Waals surface area contributed by atoms with E-state index in [0.717, 1.165) is 5.56 Å². The largest absolute Gasteiger partial charge is 0.383 e. The summed E-state index contributed by atoms with van der Waals surface area (Å²) in [4.78, 5) is 11.9. The number of hydrogen-bond acceptors (Lipinski definition) is 3. The SMILES string of the molecule is COCC(N)C(=O)NC(c1ccc(Cl)cc1)C(C)C.Cl. The van der Waals surface area contributed by atoms with Gasteiger partial charge in [-0.05, 0) is 23.6 Å². The van der Waals surface area contributed by atoms with Crippen LogP contribution in [0.1, 0.15) is 25.5 Å². The molecule has 20 heavy (non-hydrogen) atoms. The molecule has 0 aliphatic heterocycles. The van der Waals surface area contributed by atoms with Gasteiger partial charge in [0.15, 0.2) is 0 Å². The molecule has 0 aliphatic carbocycles. The van der Waals surface area contributed by atoms with Crippen molar-refractivity contribution in [2.24, 2.45) is 11.7 Å². The van der Waals surface area contributed by atoms with Crippen LogP contribution in [0.15, 0.2) is 24.3 Å². The summed E-state index contributed by atoms with van der Waals surface area (Å²) >= 11 is 5.87. The predicted octanol–water partition coefficient (Wildman–Crippen LogP) is 2.55. The van der Waals surface area contributed by atoms with Crippen LogP contribution in [0.4, 0.5) is 0 Å². The number of methoxy groups -OCH3 is 1. The molecule has 3 N–H and O–H groups in total. The lowest BCUT2D eigenvalue weighted by Crippen LogP contribution is -2.45. The number of rotatable bonds is 6. The van der Waals surface area contributed by atoms with Gasteiger partial charge < -0.3 is 15.8 Å². The second-order valence-corrected chi connectivity index (χ2v) is 5.28. The van der Waals surface area contributed by atoms with Crippen molar-refractivity contribution < 1.29 is 9.53 Å². The molecule has 0 bridgehead atoms. The Labute approximate surface area is 131 Å². The number of amides is 1. The van der Waals surface area contributed by atoms with Crippen molar-refractivity contribution >= 4 is 29.9 Å². The molecule has 0 aromatic heterocycles. The number of benzene rings is 1. The molecular formula is C14H22Cl2N2O2. The monoisotopic (exact) mass is 320 g/mol. The highest BCUT2D eigenvalue weighted by atomic mass is 35.5. The van der Waals surface area contributed by atoms with E-state index in [1.54, 1.807) is 0 Å². The Hall–Kier alpha value is -0.810. The van der Waals surface area contributed by atoms with Gasteiger partial charge >= 0.3 is 0 Å². The number of carbonyl (C=O) groups excluding carboxylic acids is 1. The summed E-state index contributed by atoms with van der Waals surface area (Å²) in [5, 5.41) is 3.62. The van der Waals surface area contributed by atoms with Crippen LogP contribution in [-0.4, -0.2) is 25.7 Å². The highest BCUT2D eigenvalue weighted by molar-refractivity contribution is 6.30. The molecule has 0 heterocycles. The van der Waals surface area contributed by atoms with Crippen molar-refractivity contribution in [3.05, 3.63) is 34.9 Å². The maximum atomic E-state index is 11.9. The smallest absolute Gasteiger partial charge is 0.239 e. The molecule has 114 valence electrons. The first-order valence-electron chi connectivity index (χ1n) is 6.26. The van der Waals surface area contributed by atoms with E-state index in [-0.39, 0.29) is 36.9 Å². The van der Waals surface area contributed by atoms with Gasteiger partial charge in [-0.3, -0.25) is 4.79 Å². The molecule has 0 fully saturated rings. The third-order valence-corrected chi connectivity index (χ3v) is 3.13. The molecule has 1 aromatic rings. The zero-order valence-electron chi connectivity index (χ0n) is 11.9. The zero-order valence-corrected chi connectivity index (χ0v) is 13.5. The van der Waals surface area contributed by atoms with Crippen LogP contribution in [0.2, 0.25) is 5.02 Å². The van der Waals surface area contributed by atoms with Crippen molar-refractivity contribution in [1.82, 2.24) is 5.32 Å². The molecule has 0 radical (unpaired) electrons. The minimum absolute atomic E-state index is 0. The average molecular weight is 321 g/mol. The Balaban J connectivity index is 0.00000361. The number of nitrogens with two attached hydrogens (primary N) is 1. The lowest BCUT2D eigenvalue weighted by molar-refractivity contribution is -0.124. The molecule has 2 unspecified atom stereocenters. The van der Waals surface area contributed by atoms with Crippen molar-refractivity contribution in [2.45, 2.75) is 25.9 Å². The van der Waals surface area contributed by atoms with Gasteiger partial charge in [-0.25, -0.2) is 0 Å². The predicted molar refractivity (Wildman–Crippen MR) is 84.3 cm³/mol. The summed E-state index contributed by atoms with van der Waals surface area (Å²) in [5.74, 6) is 0.0374. The highest BCUT2D eigenvalue weighted by Crippen LogP contribution is 2.23. The van der Waals surface area contributed by atoms with E-state index in [0.29, 0.717) is 5.02 Å². The average Bonchev–Trinajstić information content (AvgIpc) is 2.37. The minimum Gasteiger partial charge on any atom is -0.383 e. The van der Waals surface area contributed by atoms with Crippen LogP contribution in [0.3, 0.4) is 0 Å². The van der Waals surface area contributed by atoms with Crippen molar-refractivity contribution in [1.29, 1.82) is 0 Å². The van der Waals surface area contributed by atoms with Crippen molar-refractivity contribution in [3.63, 3.8) is 0 Å². The Morgan fingerprint density at radius 2 is 1.90 bits per heavy atom. The third kappa shape index (κ3) is 5.67. The molecular weight excluding hydrogens is 299 g/mol. The summed E-state index contributed by atoms with van der Waals surface area (Å²) < 4.78 is 4.88. The second kappa shape index (κ2) is 9.19. The Bertz CT molecular complexity index is 410. The topological polar surface area (TPSA) is 64.3 Å². The van der Waals surface area contributed by atoms with Crippen LogP contribution in [0.5, 0.6) is 0 Å². The number of hydrogen-bond donors (Lipinski definition) is 2. The van der Waals surface area contributed by atoms with Crippen LogP contribution < -0.4 is 11.1 Å². The van der Waals surface area contributed by atoms with E-state index < -0.39 is 6.04 Å². The Kier molecular flexibility index (Phi) is 8.81. The normalized spacial score (nSPS) is 13.5. The molecule has 0 spiro atoms.